The second-order valence-electron chi connectivity index (χ2n) is 11.2. The molecule has 1 aliphatic rings. The molecule has 0 aromatic carbocycles. The third-order valence-electron chi connectivity index (χ3n) is 7.76. The Morgan fingerprint density at radius 1 is 0.806 bits per heavy atom. The monoisotopic (exact) mass is 439 g/mol. The molecule has 5 heteroatoms. The normalized spacial score (nSPS) is 19.5. The number of rotatable bonds is 15. The summed E-state index contributed by atoms with van der Waals surface area (Å²) >= 11 is 0. The van der Waals surface area contributed by atoms with Crippen LogP contribution in [0, 0.1) is 0 Å². The fourth-order valence-corrected chi connectivity index (χ4v) is 5.60. The van der Waals surface area contributed by atoms with Gasteiger partial charge in [0.2, 0.25) is 5.91 Å². The maximum absolute atomic E-state index is 12.4. The highest BCUT2D eigenvalue weighted by Crippen LogP contribution is 2.37. The van der Waals surface area contributed by atoms with E-state index in [1.54, 1.807) is 0 Å². The molecule has 0 bridgehead atoms. The maximum atomic E-state index is 12.4. The maximum Gasteiger partial charge on any atom is 0.220 e. The molecule has 0 aromatic heterocycles. The molecule has 1 saturated heterocycles. The van der Waals surface area contributed by atoms with Gasteiger partial charge in [-0.2, -0.15) is 0 Å². The van der Waals surface area contributed by atoms with Crippen molar-refractivity contribution in [2.45, 2.75) is 136 Å². The van der Waals surface area contributed by atoms with Crippen molar-refractivity contribution in [3.8, 4) is 0 Å². The topological polar surface area (TPSA) is 52.2 Å². The number of nitrogens with one attached hydrogen (secondary N) is 1. The van der Waals surface area contributed by atoms with Gasteiger partial charge in [0.15, 0.2) is 0 Å². The largest absolute Gasteiger partial charge is 0.353 e. The van der Waals surface area contributed by atoms with Crippen LogP contribution in [-0.4, -0.2) is 58.8 Å². The van der Waals surface area contributed by atoms with Crippen molar-refractivity contribution < 1.29 is 14.5 Å². The lowest BCUT2D eigenvalue weighted by Gasteiger charge is -2.50. The average molecular weight is 440 g/mol. The highest BCUT2D eigenvalue weighted by atomic mass is 16.5. The first kappa shape index (κ1) is 28.4. The number of nitrogens with zero attached hydrogens (tertiary/aromatic N) is 2. The van der Waals surface area contributed by atoms with Crippen LogP contribution >= 0.6 is 0 Å². The Balaban J connectivity index is 2.09. The van der Waals surface area contributed by atoms with E-state index in [4.69, 9.17) is 0 Å². The van der Waals surface area contributed by atoms with Crippen molar-refractivity contribution in [1.29, 1.82) is 0 Å². The van der Waals surface area contributed by atoms with Crippen molar-refractivity contribution >= 4 is 5.91 Å². The van der Waals surface area contributed by atoms with Gasteiger partial charge in [-0.1, -0.05) is 32.1 Å². The van der Waals surface area contributed by atoms with Crippen molar-refractivity contribution in [2.75, 3.05) is 26.2 Å². The van der Waals surface area contributed by atoms with Gasteiger partial charge in [-0.15, -0.1) is 10.3 Å². The van der Waals surface area contributed by atoms with Crippen LogP contribution in [-0.2, 0) is 10.0 Å². The summed E-state index contributed by atoms with van der Waals surface area (Å²) in [7, 11) is 0. The Hall–Kier alpha value is -0.650. The summed E-state index contributed by atoms with van der Waals surface area (Å²) < 4.78 is 1.27. The Labute approximate surface area is 193 Å². The minimum Gasteiger partial charge on any atom is -0.353 e. The van der Waals surface area contributed by atoms with E-state index in [1.165, 1.54) is 74.3 Å². The SMILES string of the molecule is CC[N+](CC)(CC)CCCCCCCCCCC(=O)NC1CC(C)(C)N([O])C(C)(C)C1. The zero-order valence-corrected chi connectivity index (χ0v) is 21.9. The lowest BCUT2D eigenvalue weighted by molar-refractivity contribution is -0.923. The van der Waals surface area contributed by atoms with Gasteiger partial charge < -0.3 is 9.80 Å². The minimum atomic E-state index is -0.427. The average Bonchev–Trinajstić information content (AvgIpc) is 2.70. The molecule has 1 fully saturated rings. The summed E-state index contributed by atoms with van der Waals surface area (Å²) in [5.41, 5.74) is -0.854. The van der Waals surface area contributed by atoms with E-state index >= 15 is 0 Å². The summed E-state index contributed by atoms with van der Waals surface area (Å²) in [5, 5.41) is 16.9. The molecule has 0 saturated carbocycles. The van der Waals surface area contributed by atoms with E-state index in [0.29, 0.717) is 6.42 Å². The second kappa shape index (κ2) is 13.2. The zero-order chi connectivity index (χ0) is 23.5. The molecule has 1 amide bonds. The Morgan fingerprint density at radius 2 is 1.23 bits per heavy atom. The van der Waals surface area contributed by atoms with Crippen LogP contribution in [0.2, 0.25) is 0 Å². The zero-order valence-electron chi connectivity index (χ0n) is 21.9. The molecule has 31 heavy (non-hydrogen) atoms. The fraction of sp³-hybridized carbons (Fsp3) is 0.962. The molecule has 0 aromatic rings. The number of hydroxylamine groups is 2. The molecule has 0 atom stereocenters. The molecule has 0 unspecified atom stereocenters. The number of piperidine rings is 1. The molecule has 1 rings (SSSR count). The third-order valence-corrected chi connectivity index (χ3v) is 7.76. The molecule has 0 spiro atoms. The predicted molar refractivity (Wildman–Crippen MR) is 130 cm³/mol. The summed E-state index contributed by atoms with van der Waals surface area (Å²) in [4.78, 5) is 12.4. The van der Waals surface area contributed by atoms with Crippen LogP contribution in [0.1, 0.15) is 119 Å². The van der Waals surface area contributed by atoms with Gasteiger partial charge in [-0.3, -0.25) is 4.79 Å². The van der Waals surface area contributed by atoms with E-state index in [0.717, 1.165) is 25.7 Å². The number of carbonyl (C=O) groups excluding carboxylic acids is 1. The molecule has 1 aliphatic heterocycles. The van der Waals surface area contributed by atoms with Crippen molar-refractivity contribution in [2.24, 2.45) is 0 Å². The highest BCUT2D eigenvalue weighted by Gasteiger charge is 2.46. The summed E-state index contributed by atoms with van der Waals surface area (Å²) in [6.45, 7) is 20.0. The summed E-state index contributed by atoms with van der Waals surface area (Å²) in [6, 6.07) is 0.105. The lowest BCUT2D eigenvalue weighted by atomic mass is 9.79. The van der Waals surface area contributed by atoms with Crippen LogP contribution in [0.25, 0.3) is 0 Å². The van der Waals surface area contributed by atoms with E-state index < -0.39 is 11.1 Å². The van der Waals surface area contributed by atoms with Crippen LogP contribution in [0.4, 0.5) is 0 Å². The first-order chi connectivity index (χ1) is 14.5. The number of hydrogen-bond donors (Lipinski definition) is 1. The Morgan fingerprint density at radius 3 is 1.68 bits per heavy atom. The number of hydrogen-bond acceptors (Lipinski definition) is 2. The van der Waals surface area contributed by atoms with E-state index in [9.17, 15) is 10.0 Å². The first-order valence-electron chi connectivity index (χ1n) is 13.1. The van der Waals surface area contributed by atoms with Gasteiger partial charge in [0.25, 0.3) is 0 Å². The number of quaternary nitrogens is 1. The molecule has 0 aliphatic carbocycles. The van der Waals surface area contributed by atoms with Gasteiger partial charge in [0.05, 0.1) is 26.2 Å². The van der Waals surface area contributed by atoms with E-state index in [2.05, 4.69) is 26.1 Å². The van der Waals surface area contributed by atoms with E-state index in [1.807, 2.05) is 27.7 Å². The molecule has 1 N–H and O–H groups in total. The number of unbranched alkanes of at least 4 members (excludes halogenated alkanes) is 7. The third kappa shape index (κ3) is 9.39. The fourth-order valence-electron chi connectivity index (χ4n) is 5.60. The molecular formula is C26H53N3O2+. The van der Waals surface area contributed by atoms with Crippen LogP contribution in [0.3, 0.4) is 0 Å². The number of carbonyl (C=O) groups is 1. The lowest BCUT2D eigenvalue weighted by Crippen LogP contribution is -2.62. The van der Waals surface area contributed by atoms with Crippen molar-refractivity contribution in [1.82, 2.24) is 10.4 Å². The Kier molecular flexibility index (Phi) is 12.0. The summed E-state index contributed by atoms with van der Waals surface area (Å²) in [5.74, 6) is 0.153. The molecule has 1 radical (unpaired) electrons. The smallest absolute Gasteiger partial charge is 0.220 e. The van der Waals surface area contributed by atoms with Gasteiger partial charge in [0, 0.05) is 23.5 Å². The molecule has 1 heterocycles. The molecule has 5 nitrogen and oxygen atoms in total. The highest BCUT2D eigenvalue weighted by molar-refractivity contribution is 5.76. The van der Waals surface area contributed by atoms with E-state index in [-0.39, 0.29) is 11.9 Å². The van der Waals surface area contributed by atoms with Crippen molar-refractivity contribution in [3.63, 3.8) is 0 Å². The molecular weight excluding hydrogens is 386 g/mol. The van der Waals surface area contributed by atoms with Gasteiger partial charge >= 0.3 is 0 Å². The van der Waals surface area contributed by atoms with Crippen molar-refractivity contribution in [3.05, 3.63) is 0 Å². The molecule has 183 valence electrons. The van der Waals surface area contributed by atoms with Gasteiger partial charge in [0.1, 0.15) is 0 Å². The second-order valence-corrected chi connectivity index (χ2v) is 11.2. The first-order valence-corrected chi connectivity index (χ1v) is 13.1. The minimum absolute atomic E-state index is 0.105. The van der Waals surface area contributed by atoms with Gasteiger partial charge in [-0.25, -0.2) is 0 Å². The van der Waals surface area contributed by atoms with Crippen LogP contribution in [0.15, 0.2) is 0 Å². The summed E-state index contributed by atoms with van der Waals surface area (Å²) in [6.07, 6.45) is 12.1. The Bertz CT molecular complexity index is 489. The van der Waals surface area contributed by atoms with Gasteiger partial charge in [-0.05, 0) is 80.6 Å². The quantitative estimate of drug-likeness (QED) is 0.257. The van der Waals surface area contributed by atoms with Crippen LogP contribution in [0.5, 0.6) is 0 Å². The van der Waals surface area contributed by atoms with Crippen LogP contribution < -0.4 is 5.32 Å². The predicted octanol–water partition coefficient (Wildman–Crippen LogP) is 5.86. The number of amides is 1. The standard InChI is InChI=1S/C26H52N3O2/c1-8-29(9-2,10-3)20-18-16-14-12-11-13-15-17-19-24(30)27-23-21-25(4,5)28(31)26(6,7)22-23/h23H,8-22H2,1-7H3/p+1.